The quantitative estimate of drug-likeness (QED) is 0.539. The summed E-state index contributed by atoms with van der Waals surface area (Å²) in [6.07, 6.45) is 0.908. The molecule has 1 aliphatic heterocycles. The number of guanidine groups is 1. The van der Waals surface area contributed by atoms with Gasteiger partial charge in [-0.25, -0.2) is 4.99 Å². The van der Waals surface area contributed by atoms with Gasteiger partial charge in [-0.05, 0) is 6.42 Å². The molecule has 0 aromatic carbocycles. The van der Waals surface area contributed by atoms with Gasteiger partial charge in [0.2, 0.25) is 5.91 Å². The summed E-state index contributed by atoms with van der Waals surface area (Å²) in [5.74, 6) is 0.528. The first-order valence-electron chi connectivity index (χ1n) is 3.90. The van der Waals surface area contributed by atoms with Crippen LogP contribution in [0.1, 0.15) is 6.42 Å². The molecule has 1 rings (SSSR count). The molecule has 0 radical (unpaired) electrons. The summed E-state index contributed by atoms with van der Waals surface area (Å²) in [6.45, 7) is 1.73. The predicted octanol–water partition coefficient (Wildman–Crippen LogP) is -0.902. The molecule has 5 heteroatoms. The number of methoxy groups -OCH3 is 1. The third kappa shape index (κ3) is 2.87. The SMILES string of the molecule is COCCCNC1=NCC(=O)N1. The maximum Gasteiger partial charge on any atom is 0.248 e. The molecule has 68 valence electrons. The first-order valence-corrected chi connectivity index (χ1v) is 3.90. The van der Waals surface area contributed by atoms with Crippen LogP contribution in [-0.4, -0.2) is 38.7 Å². The van der Waals surface area contributed by atoms with Crippen LogP contribution in [0.2, 0.25) is 0 Å². The highest BCUT2D eigenvalue weighted by Crippen LogP contribution is 1.84. The largest absolute Gasteiger partial charge is 0.385 e. The molecular weight excluding hydrogens is 158 g/mol. The first-order chi connectivity index (χ1) is 5.83. The topological polar surface area (TPSA) is 62.7 Å². The Hall–Kier alpha value is -1.10. The molecule has 0 bridgehead atoms. The molecule has 0 aliphatic carbocycles. The Labute approximate surface area is 71.2 Å². The van der Waals surface area contributed by atoms with Gasteiger partial charge in [0.1, 0.15) is 6.54 Å². The maximum absolute atomic E-state index is 10.7. The number of carbonyl (C=O) groups is 1. The summed E-state index contributed by atoms with van der Waals surface area (Å²) >= 11 is 0. The van der Waals surface area contributed by atoms with Crippen LogP contribution >= 0.6 is 0 Å². The summed E-state index contributed by atoms with van der Waals surface area (Å²) in [6, 6.07) is 0. The normalized spacial score (nSPS) is 15.8. The highest BCUT2D eigenvalue weighted by Gasteiger charge is 2.11. The van der Waals surface area contributed by atoms with E-state index in [1.165, 1.54) is 0 Å². The van der Waals surface area contributed by atoms with Gasteiger partial charge >= 0.3 is 0 Å². The molecule has 1 heterocycles. The zero-order valence-electron chi connectivity index (χ0n) is 7.09. The van der Waals surface area contributed by atoms with Crippen molar-refractivity contribution in [2.24, 2.45) is 4.99 Å². The summed E-state index contributed by atoms with van der Waals surface area (Å²) in [5, 5.41) is 5.57. The number of hydrogen-bond acceptors (Lipinski definition) is 4. The number of amides is 1. The molecule has 5 nitrogen and oxygen atoms in total. The van der Waals surface area contributed by atoms with E-state index in [-0.39, 0.29) is 12.5 Å². The van der Waals surface area contributed by atoms with Crippen molar-refractivity contribution in [2.45, 2.75) is 6.42 Å². The minimum atomic E-state index is -0.0516. The van der Waals surface area contributed by atoms with E-state index in [0.717, 1.165) is 13.0 Å². The molecule has 2 N–H and O–H groups in total. The van der Waals surface area contributed by atoms with Gasteiger partial charge in [0.25, 0.3) is 0 Å². The smallest absolute Gasteiger partial charge is 0.248 e. The molecule has 0 saturated heterocycles. The average molecular weight is 171 g/mol. The first kappa shape index (κ1) is 8.99. The Morgan fingerprint density at radius 2 is 2.58 bits per heavy atom. The number of aliphatic imine (C=N–C) groups is 1. The van der Waals surface area contributed by atoms with E-state index in [9.17, 15) is 4.79 Å². The third-order valence-electron chi connectivity index (χ3n) is 1.46. The standard InChI is InChI=1S/C7H13N3O2/c1-12-4-2-3-8-7-9-5-6(11)10-7/h2-5H2,1H3,(H2,8,9,10,11). The Morgan fingerprint density at radius 3 is 3.17 bits per heavy atom. The number of hydrogen-bond donors (Lipinski definition) is 2. The van der Waals surface area contributed by atoms with Crippen LogP contribution in [-0.2, 0) is 9.53 Å². The Morgan fingerprint density at radius 1 is 1.75 bits per heavy atom. The molecule has 1 amide bonds. The van der Waals surface area contributed by atoms with Crippen LogP contribution in [0.15, 0.2) is 4.99 Å². The second-order valence-corrected chi connectivity index (χ2v) is 2.49. The molecule has 0 unspecified atom stereocenters. The van der Waals surface area contributed by atoms with Gasteiger partial charge in [-0.15, -0.1) is 0 Å². The molecule has 0 aromatic rings. The molecule has 0 spiro atoms. The molecular formula is C7H13N3O2. The lowest BCUT2D eigenvalue weighted by molar-refractivity contribution is -0.117. The van der Waals surface area contributed by atoms with E-state index in [0.29, 0.717) is 12.6 Å². The van der Waals surface area contributed by atoms with Crippen LogP contribution < -0.4 is 10.6 Å². The second-order valence-electron chi connectivity index (χ2n) is 2.49. The van der Waals surface area contributed by atoms with Crippen molar-refractivity contribution in [1.29, 1.82) is 0 Å². The Bertz CT molecular complexity index is 191. The van der Waals surface area contributed by atoms with Crippen LogP contribution in [0, 0.1) is 0 Å². The number of ether oxygens (including phenoxy) is 1. The van der Waals surface area contributed by atoms with Crippen LogP contribution in [0.25, 0.3) is 0 Å². The van der Waals surface area contributed by atoms with E-state index in [1.807, 2.05) is 0 Å². The fourth-order valence-corrected chi connectivity index (χ4v) is 0.885. The number of nitrogens with zero attached hydrogens (tertiary/aromatic N) is 1. The lowest BCUT2D eigenvalue weighted by Crippen LogP contribution is -2.37. The minimum absolute atomic E-state index is 0.0516. The van der Waals surface area contributed by atoms with E-state index in [2.05, 4.69) is 15.6 Å². The van der Waals surface area contributed by atoms with Crippen molar-refractivity contribution in [3.05, 3.63) is 0 Å². The third-order valence-corrected chi connectivity index (χ3v) is 1.46. The Kier molecular flexibility index (Phi) is 3.53. The van der Waals surface area contributed by atoms with Crippen molar-refractivity contribution >= 4 is 11.9 Å². The van der Waals surface area contributed by atoms with Gasteiger partial charge in [0, 0.05) is 20.3 Å². The van der Waals surface area contributed by atoms with Crippen molar-refractivity contribution in [1.82, 2.24) is 10.6 Å². The van der Waals surface area contributed by atoms with Gasteiger partial charge < -0.3 is 10.1 Å². The summed E-state index contributed by atoms with van der Waals surface area (Å²) in [5.41, 5.74) is 0. The van der Waals surface area contributed by atoms with Gasteiger partial charge in [0.05, 0.1) is 0 Å². The van der Waals surface area contributed by atoms with Crippen molar-refractivity contribution in [3.63, 3.8) is 0 Å². The fourth-order valence-electron chi connectivity index (χ4n) is 0.885. The van der Waals surface area contributed by atoms with Gasteiger partial charge in [-0.1, -0.05) is 0 Å². The lowest BCUT2D eigenvalue weighted by Gasteiger charge is -2.04. The monoisotopic (exact) mass is 171 g/mol. The Balaban J connectivity index is 2.04. The van der Waals surface area contributed by atoms with Gasteiger partial charge in [0.15, 0.2) is 5.96 Å². The number of nitrogens with one attached hydrogen (secondary N) is 2. The molecule has 0 saturated carbocycles. The van der Waals surface area contributed by atoms with E-state index in [1.54, 1.807) is 7.11 Å². The van der Waals surface area contributed by atoms with E-state index in [4.69, 9.17) is 4.74 Å². The van der Waals surface area contributed by atoms with Gasteiger partial charge in [-0.3, -0.25) is 10.1 Å². The predicted molar refractivity (Wildman–Crippen MR) is 44.9 cm³/mol. The molecule has 0 fully saturated rings. The highest BCUT2D eigenvalue weighted by molar-refractivity contribution is 6.02. The summed E-state index contributed by atoms with van der Waals surface area (Å²) in [4.78, 5) is 14.6. The molecule has 1 aliphatic rings. The van der Waals surface area contributed by atoms with Crippen molar-refractivity contribution < 1.29 is 9.53 Å². The van der Waals surface area contributed by atoms with E-state index >= 15 is 0 Å². The maximum atomic E-state index is 10.7. The van der Waals surface area contributed by atoms with Crippen LogP contribution in [0.5, 0.6) is 0 Å². The van der Waals surface area contributed by atoms with Crippen LogP contribution in [0.3, 0.4) is 0 Å². The lowest BCUT2D eigenvalue weighted by atomic mass is 10.4. The number of carbonyl (C=O) groups excluding carboxylic acids is 1. The molecule has 0 aromatic heterocycles. The van der Waals surface area contributed by atoms with E-state index < -0.39 is 0 Å². The van der Waals surface area contributed by atoms with Gasteiger partial charge in [-0.2, -0.15) is 0 Å². The van der Waals surface area contributed by atoms with Crippen molar-refractivity contribution in [3.8, 4) is 0 Å². The van der Waals surface area contributed by atoms with Crippen LogP contribution in [0.4, 0.5) is 0 Å². The summed E-state index contributed by atoms with van der Waals surface area (Å²) in [7, 11) is 1.66. The average Bonchev–Trinajstić information content (AvgIpc) is 2.45. The molecule has 12 heavy (non-hydrogen) atoms. The second kappa shape index (κ2) is 4.71. The minimum Gasteiger partial charge on any atom is -0.385 e. The molecule has 0 atom stereocenters. The summed E-state index contributed by atoms with van der Waals surface area (Å²) < 4.78 is 4.86. The number of rotatable bonds is 4. The fraction of sp³-hybridized carbons (Fsp3) is 0.714. The zero-order chi connectivity index (χ0) is 8.81. The van der Waals surface area contributed by atoms with Crippen molar-refractivity contribution in [2.75, 3.05) is 26.8 Å². The zero-order valence-corrected chi connectivity index (χ0v) is 7.09. The highest BCUT2D eigenvalue weighted by atomic mass is 16.5.